The van der Waals surface area contributed by atoms with Crippen molar-refractivity contribution < 1.29 is 9.53 Å². The van der Waals surface area contributed by atoms with Gasteiger partial charge in [0.15, 0.2) is 5.54 Å². The molecule has 0 aliphatic carbocycles. The van der Waals surface area contributed by atoms with E-state index in [0.29, 0.717) is 12.1 Å². The van der Waals surface area contributed by atoms with Crippen molar-refractivity contribution in [1.82, 2.24) is 0 Å². The van der Waals surface area contributed by atoms with Crippen molar-refractivity contribution in [2.75, 3.05) is 0 Å². The minimum Gasteiger partial charge on any atom is -0.349 e. The molecule has 134 valence electrons. The van der Waals surface area contributed by atoms with Crippen molar-refractivity contribution >= 4 is 11.7 Å². The number of rotatable bonds is 5. The molecule has 26 heavy (non-hydrogen) atoms. The summed E-state index contributed by atoms with van der Waals surface area (Å²) in [6, 6.07) is 19.4. The number of aliphatic imine (C=N–C) groups is 1. The Morgan fingerprint density at radius 1 is 0.962 bits per heavy atom. The molecule has 0 bridgehead atoms. The van der Waals surface area contributed by atoms with Crippen LogP contribution in [0.4, 0.5) is 0 Å². The van der Waals surface area contributed by atoms with Crippen LogP contribution in [0.1, 0.15) is 45.2 Å². The maximum absolute atomic E-state index is 12.6. The van der Waals surface area contributed by atoms with Gasteiger partial charge in [0.25, 0.3) is 6.26 Å². The lowest BCUT2D eigenvalue weighted by Crippen LogP contribution is -2.39. The van der Waals surface area contributed by atoms with Gasteiger partial charge in [0.05, 0.1) is 5.71 Å². The highest BCUT2D eigenvalue weighted by Crippen LogP contribution is 2.32. The zero-order valence-electron chi connectivity index (χ0n) is 15.7. The second kappa shape index (κ2) is 7.97. The number of hydrogen-bond donors (Lipinski definition) is 0. The van der Waals surface area contributed by atoms with Crippen LogP contribution in [0.5, 0.6) is 0 Å². The molecule has 2 aromatic carbocycles. The Morgan fingerprint density at radius 2 is 1.42 bits per heavy atom. The molecule has 2 rings (SSSR count). The fourth-order valence-corrected chi connectivity index (χ4v) is 3.08. The quantitative estimate of drug-likeness (QED) is 0.445. The lowest BCUT2D eigenvalue weighted by Gasteiger charge is -2.30. The van der Waals surface area contributed by atoms with Crippen molar-refractivity contribution in [1.29, 1.82) is 5.26 Å². The number of nitriles is 1. The second-order valence-electron chi connectivity index (χ2n) is 7.68. The molecule has 0 aromatic heterocycles. The van der Waals surface area contributed by atoms with Gasteiger partial charge in [0.2, 0.25) is 0 Å². The highest BCUT2D eigenvalue weighted by molar-refractivity contribution is 6.13. The summed E-state index contributed by atoms with van der Waals surface area (Å²) in [5, 5.41) is 8.82. The van der Waals surface area contributed by atoms with Crippen molar-refractivity contribution in [2.45, 2.75) is 39.7 Å². The van der Waals surface area contributed by atoms with Gasteiger partial charge in [-0.1, -0.05) is 81.4 Å². The first-order chi connectivity index (χ1) is 12.2. The Balaban J connectivity index is 2.64. The van der Waals surface area contributed by atoms with Gasteiger partial charge in [-0.25, -0.2) is 4.79 Å². The Hall–Kier alpha value is -2.93. The van der Waals surface area contributed by atoms with Crippen LogP contribution < -0.4 is 0 Å². The van der Waals surface area contributed by atoms with Crippen LogP contribution >= 0.6 is 0 Å². The summed E-state index contributed by atoms with van der Waals surface area (Å²) in [5.41, 5.74) is 1.17. The third-order valence-corrected chi connectivity index (χ3v) is 3.91. The molecule has 0 spiro atoms. The van der Waals surface area contributed by atoms with Gasteiger partial charge in [0, 0.05) is 11.1 Å². The maximum Gasteiger partial charge on any atom is 0.349 e. The highest BCUT2D eigenvalue weighted by atomic mass is 16.5. The molecule has 0 aliphatic heterocycles. The van der Waals surface area contributed by atoms with Crippen LogP contribution in [-0.2, 0) is 9.53 Å². The second-order valence-corrected chi connectivity index (χ2v) is 7.68. The summed E-state index contributed by atoms with van der Waals surface area (Å²) in [5.74, 6) is -0.640. The fraction of sp³-hybridized carbons (Fsp3) is 0.318. The van der Waals surface area contributed by atoms with Crippen LogP contribution in [0.15, 0.2) is 65.7 Å². The Kier molecular flexibility index (Phi) is 5.94. The van der Waals surface area contributed by atoms with Crippen LogP contribution in [0, 0.1) is 16.9 Å². The van der Waals surface area contributed by atoms with Gasteiger partial charge in [0.1, 0.15) is 0 Å². The Labute approximate surface area is 155 Å². The van der Waals surface area contributed by atoms with Gasteiger partial charge in [-0.2, -0.15) is 0 Å². The van der Waals surface area contributed by atoms with Gasteiger partial charge < -0.3 is 4.74 Å². The van der Waals surface area contributed by atoms with Gasteiger partial charge in [-0.3, -0.25) is 4.99 Å². The Bertz CT molecular complexity index is 773. The summed E-state index contributed by atoms with van der Waals surface area (Å²) in [7, 11) is 0. The third kappa shape index (κ3) is 5.03. The summed E-state index contributed by atoms with van der Waals surface area (Å²) in [4.78, 5) is 17.4. The van der Waals surface area contributed by atoms with E-state index in [2.05, 4.69) is 4.74 Å². The molecule has 0 fully saturated rings. The van der Waals surface area contributed by atoms with Crippen molar-refractivity contribution in [3.8, 4) is 6.26 Å². The molecule has 0 unspecified atom stereocenters. The standard InChI is InChI=1S/C22H24N2O2/c1-21(2,3)15-22(4,20(25)26-16-23)24-19(17-11-7-5-8-12-17)18-13-9-6-10-14-18/h5-14H,15H2,1-4H3/t22-/m0/s1. The van der Waals surface area contributed by atoms with Crippen molar-refractivity contribution in [2.24, 2.45) is 10.4 Å². The fourth-order valence-electron chi connectivity index (χ4n) is 3.08. The summed E-state index contributed by atoms with van der Waals surface area (Å²) >= 11 is 0. The monoisotopic (exact) mass is 348 g/mol. The van der Waals surface area contributed by atoms with E-state index in [4.69, 9.17) is 10.3 Å². The molecule has 0 amide bonds. The number of carbonyl (C=O) groups excluding carboxylic acids is 1. The lowest BCUT2D eigenvalue weighted by molar-refractivity contribution is -0.143. The van der Waals surface area contributed by atoms with E-state index in [1.54, 1.807) is 6.92 Å². The van der Waals surface area contributed by atoms with Crippen LogP contribution in [-0.4, -0.2) is 17.2 Å². The molecule has 0 heterocycles. The molecule has 2 aromatic rings. The number of carbonyl (C=O) groups is 1. The van der Waals surface area contributed by atoms with Gasteiger partial charge in [-0.15, -0.1) is 5.26 Å². The molecule has 0 N–H and O–H groups in total. The number of benzene rings is 2. The maximum atomic E-state index is 12.6. The first-order valence-corrected chi connectivity index (χ1v) is 8.56. The van der Waals surface area contributed by atoms with E-state index in [0.717, 1.165) is 11.1 Å². The van der Waals surface area contributed by atoms with Gasteiger partial charge in [-0.05, 0) is 18.8 Å². The SMILES string of the molecule is CC(C)(C)C[C@](C)(N=C(c1ccccc1)c1ccccc1)C(=O)OC#N. The van der Waals surface area contributed by atoms with Gasteiger partial charge >= 0.3 is 5.97 Å². The zero-order valence-corrected chi connectivity index (χ0v) is 15.7. The van der Waals surface area contributed by atoms with E-state index in [1.165, 1.54) is 6.26 Å². The molecule has 0 aliphatic rings. The van der Waals surface area contributed by atoms with Crippen LogP contribution in [0.3, 0.4) is 0 Å². The number of esters is 1. The molecular weight excluding hydrogens is 324 g/mol. The summed E-state index contributed by atoms with van der Waals surface area (Å²) in [6.45, 7) is 7.82. The van der Waals surface area contributed by atoms with Crippen molar-refractivity contribution in [3.05, 3.63) is 71.8 Å². The number of hydrogen-bond acceptors (Lipinski definition) is 4. The van der Waals surface area contributed by atoms with Crippen molar-refractivity contribution in [3.63, 3.8) is 0 Å². The number of nitrogens with zero attached hydrogens (tertiary/aromatic N) is 2. The first kappa shape index (κ1) is 19.4. The molecule has 1 atom stereocenters. The predicted octanol–water partition coefficient (Wildman–Crippen LogP) is 4.74. The molecule has 4 heteroatoms. The largest absolute Gasteiger partial charge is 0.349 e. The minimum absolute atomic E-state index is 0.175. The topological polar surface area (TPSA) is 62.4 Å². The van der Waals surface area contributed by atoms with Crippen LogP contribution in [0.2, 0.25) is 0 Å². The van der Waals surface area contributed by atoms with E-state index >= 15 is 0 Å². The normalized spacial score (nSPS) is 13.2. The molecule has 4 nitrogen and oxygen atoms in total. The average molecular weight is 348 g/mol. The Morgan fingerprint density at radius 3 is 1.81 bits per heavy atom. The molecular formula is C22H24N2O2. The minimum atomic E-state index is -1.17. The molecule has 0 saturated carbocycles. The van der Waals surface area contributed by atoms with E-state index in [-0.39, 0.29) is 5.41 Å². The predicted molar refractivity (Wildman–Crippen MR) is 103 cm³/mol. The summed E-state index contributed by atoms with van der Waals surface area (Å²) in [6.07, 6.45) is 1.94. The van der Waals surface area contributed by atoms with E-state index in [9.17, 15) is 4.79 Å². The van der Waals surface area contributed by atoms with E-state index < -0.39 is 11.5 Å². The molecule has 0 radical (unpaired) electrons. The zero-order chi connectivity index (χ0) is 19.2. The lowest BCUT2D eigenvalue weighted by atomic mass is 9.80. The third-order valence-electron chi connectivity index (χ3n) is 3.91. The molecule has 0 saturated heterocycles. The smallest absolute Gasteiger partial charge is 0.349 e. The highest BCUT2D eigenvalue weighted by Gasteiger charge is 2.39. The van der Waals surface area contributed by atoms with E-state index in [1.807, 2.05) is 81.4 Å². The first-order valence-electron chi connectivity index (χ1n) is 8.56. The average Bonchev–Trinajstić information content (AvgIpc) is 2.60. The number of ether oxygens (including phenoxy) is 1. The summed E-state index contributed by atoms with van der Waals surface area (Å²) < 4.78 is 4.69. The van der Waals surface area contributed by atoms with Crippen LogP contribution in [0.25, 0.3) is 0 Å².